The summed E-state index contributed by atoms with van der Waals surface area (Å²) < 4.78 is 31.5. The van der Waals surface area contributed by atoms with Gasteiger partial charge in [0.05, 0.1) is 12.2 Å². The molecule has 0 radical (unpaired) electrons. The van der Waals surface area contributed by atoms with Crippen molar-refractivity contribution in [3.8, 4) is 0 Å². The van der Waals surface area contributed by atoms with Crippen LogP contribution in [0.3, 0.4) is 0 Å². The summed E-state index contributed by atoms with van der Waals surface area (Å²) in [7, 11) is -4.01. The van der Waals surface area contributed by atoms with Crippen molar-refractivity contribution in [3.05, 3.63) is 0 Å². The summed E-state index contributed by atoms with van der Waals surface area (Å²) in [5, 5.41) is 9.78. The fourth-order valence-corrected chi connectivity index (χ4v) is 2.31. The highest BCUT2D eigenvalue weighted by Crippen LogP contribution is 2.12. The quantitative estimate of drug-likeness (QED) is 0.613. The Bertz CT molecular complexity index is 365. The smallest absolute Gasteiger partial charge is 0.422 e. The molecule has 3 N–H and O–H groups in total. The van der Waals surface area contributed by atoms with Crippen LogP contribution in [0.4, 0.5) is 4.79 Å². The van der Waals surface area contributed by atoms with Gasteiger partial charge >= 0.3 is 16.3 Å². The van der Waals surface area contributed by atoms with Crippen LogP contribution in [0.2, 0.25) is 0 Å². The van der Waals surface area contributed by atoms with Crippen molar-refractivity contribution in [2.24, 2.45) is 5.92 Å². The van der Waals surface area contributed by atoms with Crippen molar-refractivity contribution in [3.63, 3.8) is 0 Å². The molecule has 8 heteroatoms. The van der Waals surface area contributed by atoms with E-state index in [1.807, 2.05) is 13.8 Å². The maximum absolute atomic E-state index is 11.5. The second-order valence-corrected chi connectivity index (χ2v) is 6.05. The lowest BCUT2D eigenvalue weighted by Crippen LogP contribution is -2.45. The third-order valence-corrected chi connectivity index (χ3v) is 3.62. The van der Waals surface area contributed by atoms with Gasteiger partial charge in [-0.3, -0.25) is 0 Å². The number of amides is 1. The van der Waals surface area contributed by atoms with Crippen molar-refractivity contribution >= 4 is 16.3 Å². The van der Waals surface area contributed by atoms with E-state index in [0.29, 0.717) is 0 Å². The van der Waals surface area contributed by atoms with Crippen molar-refractivity contribution in [2.45, 2.75) is 52.7 Å². The summed E-state index contributed by atoms with van der Waals surface area (Å²) in [4.78, 5) is 11.1. The average molecular weight is 296 g/mol. The minimum absolute atomic E-state index is 0.0188. The van der Waals surface area contributed by atoms with Gasteiger partial charge in [0.15, 0.2) is 0 Å². The Morgan fingerprint density at radius 1 is 1.26 bits per heavy atom. The van der Waals surface area contributed by atoms with Crippen molar-refractivity contribution < 1.29 is 23.1 Å². The highest BCUT2D eigenvalue weighted by molar-refractivity contribution is 7.88. The predicted octanol–water partition coefficient (Wildman–Crippen LogP) is 0.753. The van der Waals surface area contributed by atoms with E-state index in [1.165, 1.54) is 0 Å². The van der Waals surface area contributed by atoms with Crippen LogP contribution in [0.1, 0.15) is 40.5 Å². The van der Waals surface area contributed by atoms with E-state index in [4.69, 9.17) is 0 Å². The molecule has 114 valence electrons. The molecule has 0 saturated heterocycles. The molecule has 1 atom stereocenters. The van der Waals surface area contributed by atoms with Crippen LogP contribution in [0, 0.1) is 5.92 Å². The zero-order valence-corrected chi connectivity index (χ0v) is 12.7. The molecule has 19 heavy (non-hydrogen) atoms. The van der Waals surface area contributed by atoms with Crippen LogP contribution in [0.25, 0.3) is 0 Å². The Morgan fingerprint density at radius 2 is 1.79 bits per heavy atom. The summed E-state index contributed by atoms with van der Waals surface area (Å²) in [5.41, 5.74) is 0. The molecule has 1 unspecified atom stereocenters. The Kier molecular flexibility index (Phi) is 7.96. The first kappa shape index (κ1) is 18.1. The number of hydrogen-bond donors (Lipinski definition) is 3. The van der Waals surface area contributed by atoms with Crippen molar-refractivity contribution in [1.29, 1.82) is 0 Å². The highest BCUT2D eigenvalue weighted by Gasteiger charge is 2.20. The second-order valence-electron chi connectivity index (χ2n) is 4.55. The topological polar surface area (TPSA) is 105 Å². The van der Waals surface area contributed by atoms with Gasteiger partial charge in [-0.25, -0.2) is 9.52 Å². The Hall–Kier alpha value is -0.860. The third kappa shape index (κ3) is 8.02. The molecule has 0 aliphatic carbocycles. The first-order chi connectivity index (χ1) is 8.71. The summed E-state index contributed by atoms with van der Waals surface area (Å²) >= 11 is 0. The third-order valence-electron chi connectivity index (χ3n) is 2.64. The molecule has 0 spiro atoms. The average Bonchev–Trinajstić information content (AvgIpc) is 2.26. The van der Waals surface area contributed by atoms with Crippen LogP contribution in [-0.2, 0) is 14.9 Å². The van der Waals surface area contributed by atoms with Gasteiger partial charge in [-0.05, 0) is 19.8 Å². The molecule has 0 aromatic carbocycles. The lowest BCUT2D eigenvalue weighted by Gasteiger charge is -2.20. The molecule has 0 rings (SSSR count). The van der Waals surface area contributed by atoms with Gasteiger partial charge in [0, 0.05) is 6.54 Å². The van der Waals surface area contributed by atoms with Gasteiger partial charge in [0.2, 0.25) is 0 Å². The second kappa shape index (κ2) is 8.34. The molecule has 0 aliphatic rings. The van der Waals surface area contributed by atoms with E-state index >= 15 is 0 Å². The lowest BCUT2D eigenvalue weighted by molar-refractivity contribution is 0.106. The number of ether oxygens (including phenoxy) is 1. The Labute approximate surface area is 114 Å². The number of carbonyl (C=O) groups excluding carboxylic acids is 1. The SMILES string of the molecule is CCC(CC)C(O)CNS(=O)(=O)NC(=O)OC(C)C. The summed E-state index contributed by atoms with van der Waals surface area (Å²) in [6, 6.07) is 0. The minimum Gasteiger partial charge on any atom is -0.446 e. The molecule has 1 amide bonds. The van der Waals surface area contributed by atoms with E-state index in [9.17, 15) is 18.3 Å². The molecule has 0 aliphatic heterocycles. The number of nitrogens with one attached hydrogen (secondary N) is 2. The lowest BCUT2D eigenvalue weighted by atomic mass is 9.97. The van der Waals surface area contributed by atoms with Gasteiger partial charge in [-0.1, -0.05) is 26.7 Å². The molecule has 0 saturated carbocycles. The largest absolute Gasteiger partial charge is 0.446 e. The summed E-state index contributed by atoms with van der Waals surface area (Å²) in [6.45, 7) is 6.91. The van der Waals surface area contributed by atoms with Gasteiger partial charge < -0.3 is 9.84 Å². The Balaban J connectivity index is 4.27. The van der Waals surface area contributed by atoms with E-state index in [-0.39, 0.29) is 12.5 Å². The fraction of sp³-hybridized carbons (Fsp3) is 0.909. The monoisotopic (exact) mass is 296 g/mol. The van der Waals surface area contributed by atoms with E-state index < -0.39 is 28.5 Å². The fourth-order valence-electron chi connectivity index (χ4n) is 1.58. The van der Waals surface area contributed by atoms with Crippen molar-refractivity contribution in [1.82, 2.24) is 9.44 Å². The molecule has 7 nitrogen and oxygen atoms in total. The molecular formula is C11H24N2O5S. The first-order valence-corrected chi connectivity index (χ1v) is 7.86. The van der Waals surface area contributed by atoms with Crippen LogP contribution in [0.15, 0.2) is 0 Å². The number of hydrogen-bond acceptors (Lipinski definition) is 5. The summed E-state index contributed by atoms with van der Waals surface area (Å²) in [5.74, 6) is 0.0188. The molecule has 0 aromatic heterocycles. The van der Waals surface area contributed by atoms with Crippen LogP contribution < -0.4 is 9.44 Å². The predicted molar refractivity (Wildman–Crippen MR) is 71.8 cm³/mol. The van der Waals surface area contributed by atoms with Crippen LogP contribution in [0.5, 0.6) is 0 Å². The Morgan fingerprint density at radius 3 is 2.21 bits per heavy atom. The normalized spacial score (nSPS) is 13.6. The zero-order chi connectivity index (χ0) is 15.1. The van der Waals surface area contributed by atoms with E-state index in [1.54, 1.807) is 18.6 Å². The van der Waals surface area contributed by atoms with Gasteiger partial charge in [-0.15, -0.1) is 0 Å². The number of carbonyl (C=O) groups is 1. The highest BCUT2D eigenvalue weighted by atomic mass is 32.2. The van der Waals surface area contributed by atoms with E-state index in [0.717, 1.165) is 12.8 Å². The molecule has 0 bridgehead atoms. The summed E-state index contributed by atoms with van der Waals surface area (Å²) in [6.07, 6.45) is -0.734. The molecule has 0 aromatic rings. The minimum atomic E-state index is -4.01. The van der Waals surface area contributed by atoms with E-state index in [2.05, 4.69) is 9.46 Å². The van der Waals surface area contributed by atoms with Gasteiger partial charge in [-0.2, -0.15) is 13.1 Å². The molecule has 0 fully saturated rings. The van der Waals surface area contributed by atoms with Gasteiger partial charge in [0.1, 0.15) is 0 Å². The van der Waals surface area contributed by atoms with Crippen LogP contribution in [-0.4, -0.2) is 38.4 Å². The van der Waals surface area contributed by atoms with Crippen LogP contribution >= 0.6 is 0 Å². The number of aliphatic hydroxyl groups is 1. The molecular weight excluding hydrogens is 272 g/mol. The molecule has 0 heterocycles. The maximum atomic E-state index is 11.5. The standard InChI is InChI=1S/C11H24N2O5S/c1-5-9(6-2)10(14)7-12-19(16,17)13-11(15)18-8(3)4/h8-10,12,14H,5-7H2,1-4H3,(H,13,15). The number of aliphatic hydroxyl groups excluding tert-OH is 1. The number of rotatable bonds is 8. The zero-order valence-electron chi connectivity index (χ0n) is 11.8. The van der Waals surface area contributed by atoms with Gasteiger partial charge in [0.25, 0.3) is 0 Å². The maximum Gasteiger partial charge on any atom is 0.422 e. The van der Waals surface area contributed by atoms with Crippen molar-refractivity contribution in [2.75, 3.05) is 6.54 Å². The first-order valence-electron chi connectivity index (χ1n) is 6.37.